The monoisotopic (exact) mass is 457 g/mol. The third-order valence-electron chi connectivity index (χ3n) is 5.21. The molecule has 1 aromatic carbocycles. The van der Waals surface area contributed by atoms with Crippen molar-refractivity contribution >= 4 is 17.7 Å². The number of nitrogens with zero attached hydrogens (tertiary/aromatic N) is 3. The van der Waals surface area contributed by atoms with E-state index in [-0.39, 0.29) is 23.6 Å². The molecule has 1 amide bonds. The summed E-state index contributed by atoms with van der Waals surface area (Å²) in [6.07, 6.45) is 2.42. The number of hydrogen-bond acceptors (Lipinski definition) is 8. The fraction of sp³-hybridized carbons (Fsp3) is 0.409. The molecule has 9 nitrogen and oxygen atoms in total. The van der Waals surface area contributed by atoms with Gasteiger partial charge in [-0.05, 0) is 36.6 Å². The van der Waals surface area contributed by atoms with Crippen LogP contribution in [0, 0.1) is 12.8 Å². The highest BCUT2D eigenvalue weighted by molar-refractivity contribution is 7.99. The van der Waals surface area contributed by atoms with Gasteiger partial charge in [-0.15, -0.1) is 10.2 Å². The number of furan rings is 1. The first-order valence-electron chi connectivity index (χ1n) is 10.5. The number of benzene rings is 1. The van der Waals surface area contributed by atoms with E-state index in [1.165, 1.54) is 16.4 Å². The largest absolute Gasteiger partial charge is 0.490 e. The van der Waals surface area contributed by atoms with Crippen molar-refractivity contribution in [3.63, 3.8) is 0 Å². The number of aromatic nitrogens is 3. The molecule has 0 saturated carbocycles. The van der Waals surface area contributed by atoms with E-state index < -0.39 is 0 Å². The smallest absolute Gasteiger partial charge is 0.230 e. The maximum atomic E-state index is 12.7. The van der Waals surface area contributed by atoms with Gasteiger partial charge in [-0.1, -0.05) is 31.7 Å². The number of nitrogens with two attached hydrogens (primary N) is 1. The van der Waals surface area contributed by atoms with Crippen LogP contribution in [0.15, 0.2) is 40.1 Å². The Morgan fingerprint density at radius 3 is 2.72 bits per heavy atom. The molecular weight excluding hydrogens is 430 g/mol. The van der Waals surface area contributed by atoms with E-state index in [1.54, 1.807) is 12.3 Å². The number of nitrogens with one attached hydrogen (secondary N) is 1. The average Bonchev–Trinajstić information content (AvgIpc) is 3.26. The van der Waals surface area contributed by atoms with Crippen molar-refractivity contribution in [2.75, 3.05) is 24.8 Å². The Labute approximate surface area is 190 Å². The molecule has 1 aliphatic rings. The van der Waals surface area contributed by atoms with E-state index in [0.717, 1.165) is 23.3 Å². The fourth-order valence-corrected chi connectivity index (χ4v) is 4.20. The van der Waals surface area contributed by atoms with Crippen molar-refractivity contribution in [3.05, 3.63) is 41.9 Å². The van der Waals surface area contributed by atoms with Gasteiger partial charge in [0.05, 0.1) is 36.8 Å². The molecule has 2 aromatic heterocycles. The minimum absolute atomic E-state index is 0.121. The number of nitrogen functional groups attached to an aromatic ring is 1. The summed E-state index contributed by atoms with van der Waals surface area (Å²) in [6.45, 7) is 7.22. The number of rotatable bonds is 7. The molecule has 0 aliphatic carbocycles. The number of amides is 1. The van der Waals surface area contributed by atoms with Gasteiger partial charge in [-0.25, -0.2) is 4.68 Å². The van der Waals surface area contributed by atoms with Crippen LogP contribution in [0.5, 0.6) is 11.5 Å². The van der Waals surface area contributed by atoms with Crippen LogP contribution in [0.1, 0.15) is 37.6 Å². The topological polar surface area (TPSA) is 117 Å². The van der Waals surface area contributed by atoms with E-state index in [2.05, 4.69) is 29.4 Å². The molecule has 10 heteroatoms. The van der Waals surface area contributed by atoms with E-state index in [9.17, 15) is 4.79 Å². The first kappa shape index (κ1) is 22.1. The fourth-order valence-electron chi connectivity index (χ4n) is 3.53. The number of ether oxygens (including phenoxy) is 2. The molecule has 1 unspecified atom stereocenters. The van der Waals surface area contributed by atoms with Crippen molar-refractivity contribution in [2.45, 2.75) is 38.4 Å². The molecular formula is C22H27N5O4S. The number of fused-ring (bicyclic) bond motifs is 1. The summed E-state index contributed by atoms with van der Waals surface area (Å²) in [6, 6.07) is 7.45. The van der Waals surface area contributed by atoms with Crippen LogP contribution in [0.25, 0.3) is 11.4 Å². The van der Waals surface area contributed by atoms with Crippen LogP contribution in [-0.2, 0) is 4.79 Å². The Bertz CT molecular complexity index is 1090. The third kappa shape index (κ3) is 4.69. The second-order valence-electron chi connectivity index (χ2n) is 7.90. The average molecular weight is 458 g/mol. The molecule has 3 aromatic rings. The molecule has 4 rings (SSSR count). The van der Waals surface area contributed by atoms with Gasteiger partial charge in [0.15, 0.2) is 17.3 Å². The predicted octanol–water partition coefficient (Wildman–Crippen LogP) is 3.33. The maximum Gasteiger partial charge on any atom is 0.230 e. The summed E-state index contributed by atoms with van der Waals surface area (Å²) in [5.41, 5.74) is 1.74. The standard InChI is InChI=1S/C22H27N5O4S/c1-13(2)20(15-5-6-17-18(11-15)31-9-4-8-30-17)24-19(28)12-32-22-26-25-21(27(22)23)16-7-10-29-14(16)3/h5-7,10-11,13,20H,4,8-9,12,23H2,1-3H3,(H,24,28). The Hall–Kier alpha value is -3.14. The Kier molecular flexibility index (Phi) is 6.59. The lowest BCUT2D eigenvalue weighted by Gasteiger charge is -2.23. The molecule has 0 spiro atoms. The van der Waals surface area contributed by atoms with Crippen LogP contribution in [-0.4, -0.2) is 39.7 Å². The van der Waals surface area contributed by atoms with E-state index in [1.807, 2.05) is 25.1 Å². The van der Waals surface area contributed by atoms with Crippen molar-refractivity contribution < 1.29 is 18.7 Å². The van der Waals surface area contributed by atoms with Gasteiger partial charge in [-0.3, -0.25) is 4.79 Å². The Morgan fingerprint density at radius 1 is 1.22 bits per heavy atom. The van der Waals surface area contributed by atoms with Crippen molar-refractivity contribution in [1.29, 1.82) is 0 Å². The summed E-state index contributed by atoms with van der Waals surface area (Å²) in [5.74, 6) is 9.01. The Balaban J connectivity index is 1.42. The molecule has 32 heavy (non-hydrogen) atoms. The number of thioether (sulfide) groups is 1. The first-order valence-corrected chi connectivity index (χ1v) is 11.5. The summed E-state index contributed by atoms with van der Waals surface area (Å²) in [5, 5.41) is 11.8. The summed E-state index contributed by atoms with van der Waals surface area (Å²) < 4.78 is 18.2. The van der Waals surface area contributed by atoms with Gasteiger partial charge in [-0.2, -0.15) is 0 Å². The molecule has 1 atom stereocenters. The van der Waals surface area contributed by atoms with Crippen molar-refractivity contribution in [1.82, 2.24) is 20.2 Å². The lowest BCUT2D eigenvalue weighted by molar-refractivity contribution is -0.119. The second-order valence-corrected chi connectivity index (χ2v) is 8.84. The normalized spacial score (nSPS) is 14.2. The number of hydrogen-bond donors (Lipinski definition) is 2. The number of aryl methyl sites for hydroxylation is 1. The van der Waals surface area contributed by atoms with Crippen LogP contribution in [0.3, 0.4) is 0 Å². The molecule has 0 radical (unpaired) electrons. The van der Waals surface area contributed by atoms with Crippen molar-refractivity contribution in [2.24, 2.45) is 5.92 Å². The summed E-state index contributed by atoms with van der Waals surface area (Å²) >= 11 is 1.23. The van der Waals surface area contributed by atoms with Crippen LogP contribution in [0.2, 0.25) is 0 Å². The summed E-state index contributed by atoms with van der Waals surface area (Å²) in [7, 11) is 0. The molecule has 0 fully saturated rings. The predicted molar refractivity (Wildman–Crippen MR) is 121 cm³/mol. The molecule has 0 bridgehead atoms. The highest BCUT2D eigenvalue weighted by Gasteiger charge is 2.22. The zero-order chi connectivity index (χ0) is 22.7. The zero-order valence-corrected chi connectivity index (χ0v) is 19.1. The minimum Gasteiger partial charge on any atom is -0.490 e. The van der Waals surface area contributed by atoms with E-state index in [0.29, 0.717) is 35.7 Å². The lowest BCUT2D eigenvalue weighted by Crippen LogP contribution is -2.33. The van der Waals surface area contributed by atoms with Crippen molar-refractivity contribution in [3.8, 4) is 22.9 Å². The number of carbonyl (C=O) groups excluding carboxylic acids is 1. The molecule has 3 heterocycles. The van der Waals surface area contributed by atoms with Gasteiger partial charge in [0.25, 0.3) is 0 Å². The van der Waals surface area contributed by atoms with Gasteiger partial charge in [0.1, 0.15) is 5.76 Å². The SMILES string of the molecule is Cc1occc1-c1nnc(SCC(=O)NC(c2ccc3c(c2)OCCCO3)C(C)C)n1N. The number of carbonyl (C=O) groups is 1. The first-order chi connectivity index (χ1) is 15.4. The summed E-state index contributed by atoms with van der Waals surface area (Å²) in [4.78, 5) is 12.7. The Morgan fingerprint density at radius 2 is 2.00 bits per heavy atom. The quantitative estimate of drug-likeness (QED) is 0.410. The highest BCUT2D eigenvalue weighted by atomic mass is 32.2. The van der Waals surface area contributed by atoms with E-state index >= 15 is 0 Å². The molecule has 1 aliphatic heterocycles. The van der Waals surface area contributed by atoms with Gasteiger partial charge >= 0.3 is 0 Å². The highest BCUT2D eigenvalue weighted by Crippen LogP contribution is 2.34. The molecule has 3 N–H and O–H groups in total. The maximum absolute atomic E-state index is 12.7. The van der Waals surface area contributed by atoms with Crippen LogP contribution >= 0.6 is 11.8 Å². The zero-order valence-electron chi connectivity index (χ0n) is 18.3. The van der Waals surface area contributed by atoms with Gasteiger partial charge in [0, 0.05) is 6.42 Å². The van der Waals surface area contributed by atoms with Gasteiger partial charge in [0.2, 0.25) is 11.1 Å². The van der Waals surface area contributed by atoms with Crippen LogP contribution < -0.4 is 20.6 Å². The minimum atomic E-state index is -0.167. The molecule has 0 saturated heterocycles. The second kappa shape index (κ2) is 9.56. The lowest BCUT2D eigenvalue weighted by atomic mass is 9.95. The molecule has 170 valence electrons. The van der Waals surface area contributed by atoms with E-state index in [4.69, 9.17) is 19.7 Å². The third-order valence-corrected chi connectivity index (χ3v) is 6.15. The van der Waals surface area contributed by atoms with Crippen LogP contribution in [0.4, 0.5) is 0 Å². The van der Waals surface area contributed by atoms with Gasteiger partial charge < -0.3 is 25.1 Å².